The fourth-order valence-electron chi connectivity index (χ4n) is 3.28. The van der Waals surface area contributed by atoms with Crippen LogP contribution in [0.15, 0.2) is 30.3 Å². The minimum absolute atomic E-state index is 0.0171. The molecular weight excluding hydrogens is 384 g/mol. The second-order valence-corrected chi connectivity index (χ2v) is 8.23. The van der Waals surface area contributed by atoms with Crippen LogP contribution < -0.4 is 10.2 Å². The third-order valence-electron chi connectivity index (χ3n) is 4.66. The Kier molecular flexibility index (Phi) is 6.17. The predicted octanol–water partition coefficient (Wildman–Crippen LogP) is 4.82. The highest BCUT2D eigenvalue weighted by Gasteiger charge is 2.16. The lowest BCUT2D eigenvalue weighted by atomic mass is 10.1. The summed E-state index contributed by atoms with van der Waals surface area (Å²) in [6, 6.07) is 9.54. The van der Waals surface area contributed by atoms with Gasteiger partial charge in [0, 0.05) is 31.0 Å². The maximum atomic E-state index is 10.9. The lowest BCUT2D eigenvalue weighted by molar-refractivity contribution is -0.136. The molecule has 3 aromatic rings. The zero-order chi connectivity index (χ0) is 21.1. The van der Waals surface area contributed by atoms with Crippen molar-refractivity contribution in [2.75, 3.05) is 24.3 Å². The molecule has 0 saturated heterocycles. The number of carboxylic acid groups (broad SMARTS) is 1. The number of thiophene rings is 1. The van der Waals surface area contributed by atoms with E-state index in [9.17, 15) is 4.79 Å². The monoisotopic (exact) mass is 410 g/mol. The molecule has 29 heavy (non-hydrogen) atoms. The summed E-state index contributed by atoms with van der Waals surface area (Å²) in [5.74, 6) is 0.669. The zero-order valence-electron chi connectivity index (χ0n) is 17.4. The van der Waals surface area contributed by atoms with E-state index in [-0.39, 0.29) is 6.42 Å². The molecule has 0 unspecified atom stereocenters. The molecule has 0 aliphatic heterocycles. The van der Waals surface area contributed by atoms with E-state index in [2.05, 4.69) is 30.1 Å². The van der Waals surface area contributed by atoms with Gasteiger partial charge in [-0.1, -0.05) is 19.1 Å². The normalized spacial score (nSPS) is 10.8. The first kappa shape index (κ1) is 20.8. The van der Waals surface area contributed by atoms with E-state index >= 15 is 0 Å². The molecule has 0 spiro atoms. The number of anilines is 3. The van der Waals surface area contributed by atoms with Gasteiger partial charge in [0.15, 0.2) is 5.82 Å². The summed E-state index contributed by atoms with van der Waals surface area (Å²) in [6.07, 6.45) is 0.834. The number of hydrogen-bond acceptors (Lipinski definition) is 6. The molecule has 2 aromatic heterocycles. The van der Waals surface area contributed by atoms with Gasteiger partial charge < -0.3 is 15.3 Å². The van der Waals surface area contributed by atoms with Crippen molar-refractivity contribution >= 4 is 33.8 Å². The molecule has 0 fully saturated rings. The summed E-state index contributed by atoms with van der Waals surface area (Å²) in [7, 11) is 4.08. The topological polar surface area (TPSA) is 78.4 Å². The molecule has 0 amide bonds. The summed E-state index contributed by atoms with van der Waals surface area (Å²) in [5, 5.41) is 13.5. The Balaban J connectivity index is 1.95. The standard InChI is InChI=1S/C22H26N4O2S/c1-6-17-14(3)23-21(18-11-13(2)22(29-18)26(4)5)25-20(17)24-16-9-7-15(8-10-16)12-19(27)28/h7-11H,6,12H2,1-5H3,(H,27,28)(H,23,24,25). The highest BCUT2D eigenvalue weighted by molar-refractivity contribution is 7.19. The van der Waals surface area contributed by atoms with Gasteiger partial charge in [-0.15, -0.1) is 11.3 Å². The quantitative estimate of drug-likeness (QED) is 0.581. The molecule has 2 heterocycles. The first-order chi connectivity index (χ1) is 13.8. The summed E-state index contributed by atoms with van der Waals surface area (Å²) in [6.45, 7) is 6.20. The molecule has 0 radical (unpaired) electrons. The van der Waals surface area contributed by atoms with Crippen LogP contribution in [0.2, 0.25) is 0 Å². The van der Waals surface area contributed by atoms with E-state index < -0.39 is 5.97 Å². The van der Waals surface area contributed by atoms with Crippen LogP contribution in [0, 0.1) is 13.8 Å². The Morgan fingerprint density at radius 1 is 1.17 bits per heavy atom. The van der Waals surface area contributed by atoms with Gasteiger partial charge in [-0.2, -0.15) is 0 Å². The summed E-state index contributed by atoms with van der Waals surface area (Å²) in [4.78, 5) is 23.6. The molecule has 0 saturated carbocycles. The smallest absolute Gasteiger partial charge is 0.307 e. The zero-order valence-corrected chi connectivity index (χ0v) is 18.2. The van der Waals surface area contributed by atoms with E-state index in [1.807, 2.05) is 45.3 Å². The third kappa shape index (κ3) is 4.74. The number of benzene rings is 1. The Morgan fingerprint density at radius 2 is 1.86 bits per heavy atom. The highest BCUT2D eigenvalue weighted by Crippen LogP contribution is 2.36. The number of aliphatic carboxylic acids is 1. The molecule has 2 N–H and O–H groups in total. The maximum Gasteiger partial charge on any atom is 0.307 e. The van der Waals surface area contributed by atoms with Crippen LogP contribution in [0.25, 0.3) is 10.7 Å². The van der Waals surface area contributed by atoms with Crippen LogP contribution in [-0.2, 0) is 17.6 Å². The van der Waals surface area contributed by atoms with Crippen molar-refractivity contribution < 1.29 is 9.90 Å². The van der Waals surface area contributed by atoms with E-state index in [0.29, 0.717) is 5.82 Å². The molecule has 0 aliphatic carbocycles. The Morgan fingerprint density at radius 3 is 2.41 bits per heavy atom. The summed E-state index contributed by atoms with van der Waals surface area (Å²) < 4.78 is 0. The lowest BCUT2D eigenvalue weighted by Gasteiger charge is -2.14. The van der Waals surface area contributed by atoms with Crippen LogP contribution in [0.1, 0.15) is 29.3 Å². The molecular formula is C22H26N4O2S. The second-order valence-electron chi connectivity index (χ2n) is 7.20. The van der Waals surface area contributed by atoms with Crippen LogP contribution in [0.4, 0.5) is 16.5 Å². The fourth-order valence-corrected chi connectivity index (χ4v) is 4.31. The van der Waals surface area contributed by atoms with Crippen LogP contribution in [0.5, 0.6) is 0 Å². The third-order valence-corrected chi connectivity index (χ3v) is 6.06. The van der Waals surface area contributed by atoms with E-state index in [1.165, 1.54) is 10.6 Å². The van der Waals surface area contributed by atoms with Crippen LogP contribution in [0.3, 0.4) is 0 Å². The summed E-state index contributed by atoms with van der Waals surface area (Å²) in [5.41, 5.74) is 4.88. The molecule has 0 bridgehead atoms. The minimum Gasteiger partial charge on any atom is -0.481 e. The van der Waals surface area contributed by atoms with Gasteiger partial charge in [0.05, 0.1) is 16.3 Å². The molecule has 7 heteroatoms. The number of hydrogen-bond donors (Lipinski definition) is 2. The van der Waals surface area contributed by atoms with E-state index in [4.69, 9.17) is 15.1 Å². The average molecular weight is 411 g/mol. The number of aryl methyl sites for hydroxylation is 2. The number of carbonyl (C=O) groups is 1. The number of aromatic nitrogens is 2. The second kappa shape index (κ2) is 8.61. The Bertz CT molecular complexity index is 1030. The van der Waals surface area contributed by atoms with Gasteiger partial charge in [0.1, 0.15) is 5.82 Å². The Hall–Kier alpha value is -2.93. The van der Waals surface area contributed by atoms with Crippen molar-refractivity contribution in [1.29, 1.82) is 0 Å². The van der Waals surface area contributed by atoms with Gasteiger partial charge in [0.2, 0.25) is 0 Å². The summed E-state index contributed by atoms with van der Waals surface area (Å²) >= 11 is 1.68. The van der Waals surface area contributed by atoms with Crippen molar-refractivity contribution in [3.05, 3.63) is 52.7 Å². The molecule has 152 valence electrons. The minimum atomic E-state index is -0.835. The van der Waals surface area contributed by atoms with Crippen LogP contribution >= 0.6 is 11.3 Å². The van der Waals surface area contributed by atoms with Gasteiger partial charge in [-0.05, 0) is 49.6 Å². The van der Waals surface area contributed by atoms with Gasteiger partial charge in [-0.25, -0.2) is 9.97 Å². The van der Waals surface area contributed by atoms with Crippen molar-refractivity contribution in [1.82, 2.24) is 9.97 Å². The molecule has 6 nitrogen and oxygen atoms in total. The molecule has 0 aliphatic rings. The van der Waals surface area contributed by atoms with Crippen molar-refractivity contribution in [3.8, 4) is 10.7 Å². The molecule has 3 rings (SSSR count). The van der Waals surface area contributed by atoms with Crippen molar-refractivity contribution in [3.63, 3.8) is 0 Å². The van der Waals surface area contributed by atoms with Gasteiger partial charge in [-0.3, -0.25) is 4.79 Å². The number of carboxylic acids is 1. The molecule has 0 atom stereocenters. The average Bonchev–Trinajstić information content (AvgIpc) is 3.05. The highest BCUT2D eigenvalue weighted by atomic mass is 32.1. The Labute approximate surface area is 175 Å². The first-order valence-electron chi connectivity index (χ1n) is 9.51. The van der Waals surface area contributed by atoms with Gasteiger partial charge in [0.25, 0.3) is 0 Å². The van der Waals surface area contributed by atoms with Crippen LogP contribution in [-0.4, -0.2) is 35.1 Å². The van der Waals surface area contributed by atoms with E-state index in [1.54, 1.807) is 11.3 Å². The predicted molar refractivity (Wildman–Crippen MR) is 120 cm³/mol. The molecule has 1 aromatic carbocycles. The SMILES string of the molecule is CCc1c(C)nc(-c2cc(C)c(N(C)C)s2)nc1Nc1ccc(CC(=O)O)cc1. The maximum absolute atomic E-state index is 10.9. The van der Waals surface area contributed by atoms with E-state index in [0.717, 1.165) is 39.6 Å². The van der Waals surface area contributed by atoms with Crippen molar-refractivity contribution in [2.24, 2.45) is 0 Å². The van der Waals surface area contributed by atoms with Gasteiger partial charge >= 0.3 is 5.97 Å². The fraction of sp³-hybridized carbons (Fsp3) is 0.318. The largest absolute Gasteiger partial charge is 0.481 e. The number of rotatable bonds is 7. The van der Waals surface area contributed by atoms with Crippen molar-refractivity contribution in [2.45, 2.75) is 33.6 Å². The lowest BCUT2D eigenvalue weighted by Crippen LogP contribution is -2.07. The number of nitrogens with zero attached hydrogens (tertiary/aromatic N) is 3. The number of nitrogens with one attached hydrogen (secondary N) is 1. The first-order valence-corrected chi connectivity index (χ1v) is 10.3.